The molecule has 2 aliphatic heterocycles. The lowest BCUT2D eigenvalue weighted by Crippen LogP contribution is -2.43. The van der Waals surface area contributed by atoms with Crippen molar-refractivity contribution in [3.8, 4) is 11.5 Å². The highest BCUT2D eigenvalue weighted by Gasteiger charge is 2.39. The van der Waals surface area contributed by atoms with Crippen LogP contribution in [0.25, 0.3) is 11.5 Å². The number of rotatable bonds is 7. The number of nitrogens with zero attached hydrogens (tertiary/aromatic N) is 4. The quantitative estimate of drug-likeness (QED) is 0.360. The predicted molar refractivity (Wildman–Crippen MR) is 141 cm³/mol. The molecule has 192 valence electrons. The van der Waals surface area contributed by atoms with Crippen LogP contribution in [0.5, 0.6) is 0 Å². The van der Waals surface area contributed by atoms with Gasteiger partial charge in [0.15, 0.2) is 0 Å². The number of hydrogen-bond acceptors (Lipinski definition) is 8. The van der Waals surface area contributed by atoms with Crippen molar-refractivity contribution in [1.29, 1.82) is 0 Å². The van der Waals surface area contributed by atoms with E-state index in [1.807, 2.05) is 58.8 Å². The zero-order valence-electron chi connectivity index (χ0n) is 20.5. The van der Waals surface area contributed by atoms with Gasteiger partial charge in [0.25, 0.3) is 11.8 Å². The Kier molecular flexibility index (Phi) is 6.47. The number of hydrogen-bond donors (Lipinski definition) is 1. The summed E-state index contributed by atoms with van der Waals surface area (Å²) in [6.45, 7) is 1.56. The Morgan fingerprint density at radius 1 is 1.03 bits per heavy atom. The molecule has 1 fully saturated rings. The number of aromatic nitrogens is 2. The van der Waals surface area contributed by atoms with Crippen molar-refractivity contribution in [3.63, 3.8) is 0 Å². The molecule has 38 heavy (non-hydrogen) atoms. The Bertz CT molecular complexity index is 1480. The number of imide groups is 1. The number of carbonyl (C=O) groups excluding carboxylic acids is 3. The summed E-state index contributed by atoms with van der Waals surface area (Å²) in [6.07, 6.45) is 1.52. The van der Waals surface area contributed by atoms with E-state index in [0.717, 1.165) is 23.3 Å². The first-order valence-corrected chi connectivity index (χ1v) is 13.4. The normalized spacial score (nSPS) is 17.1. The fourth-order valence-corrected chi connectivity index (χ4v) is 5.71. The van der Waals surface area contributed by atoms with Gasteiger partial charge < -0.3 is 14.6 Å². The summed E-state index contributed by atoms with van der Waals surface area (Å²) in [5.41, 5.74) is 2.37. The maximum atomic E-state index is 13.4. The molecule has 1 atom stereocenters. The Hall–Kier alpha value is -4.31. The van der Waals surface area contributed by atoms with Gasteiger partial charge in [0.05, 0.1) is 35.8 Å². The van der Waals surface area contributed by atoms with Crippen LogP contribution in [-0.2, 0) is 17.9 Å². The van der Waals surface area contributed by atoms with Crippen LogP contribution in [0.4, 0.5) is 5.69 Å². The smallest absolute Gasteiger partial charge is 0.264 e. The van der Waals surface area contributed by atoms with Gasteiger partial charge in [-0.15, -0.1) is 21.5 Å². The van der Waals surface area contributed by atoms with E-state index < -0.39 is 0 Å². The van der Waals surface area contributed by atoms with E-state index in [4.69, 9.17) is 4.42 Å². The number of anilines is 1. The van der Waals surface area contributed by atoms with Gasteiger partial charge in [0.1, 0.15) is 0 Å². The maximum Gasteiger partial charge on any atom is 0.264 e. The van der Waals surface area contributed by atoms with Gasteiger partial charge in [0.2, 0.25) is 17.7 Å². The summed E-state index contributed by atoms with van der Waals surface area (Å²) < 4.78 is 5.70. The second-order valence-corrected chi connectivity index (χ2v) is 10.4. The monoisotopic (exact) mass is 527 g/mol. The minimum Gasteiger partial charge on any atom is -0.419 e. The summed E-state index contributed by atoms with van der Waals surface area (Å²) in [6, 6.07) is 18.6. The Balaban J connectivity index is 1.13. The summed E-state index contributed by atoms with van der Waals surface area (Å²) in [7, 11) is 0. The molecule has 2 aromatic carbocycles. The van der Waals surface area contributed by atoms with Gasteiger partial charge in [-0.1, -0.05) is 30.3 Å². The van der Waals surface area contributed by atoms with Gasteiger partial charge >= 0.3 is 0 Å². The Morgan fingerprint density at radius 3 is 2.71 bits per heavy atom. The molecule has 0 radical (unpaired) electrons. The van der Waals surface area contributed by atoms with E-state index in [-0.39, 0.29) is 36.7 Å². The minimum absolute atomic E-state index is 0.108. The lowest BCUT2D eigenvalue weighted by atomic mass is 9.95. The molecular weight excluding hydrogens is 502 g/mol. The van der Waals surface area contributed by atoms with E-state index >= 15 is 0 Å². The summed E-state index contributed by atoms with van der Waals surface area (Å²) in [4.78, 5) is 43.8. The molecule has 1 saturated heterocycles. The molecule has 1 N–H and O–H groups in total. The van der Waals surface area contributed by atoms with Crippen molar-refractivity contribution in [2.45, 2.75) is 25.9 Å². The van der Waals surface area contributed by atoms with Gasteiger partial charge in [-0.3, -0.25) is 19.3 Å². The molecule has 9 nitrogen and oxygen atoms in total. The highest BCUT2D eigenvalue weighted by Crippen LogP contribution is 2.35. The molecule has 4 heterocycles. The zero-order chi connectivity index (χ0) is 26.1. The third-order valence-corrected chi connectivity index (χ3v) is 7.77. The first-order chi connectivity index (χ1) is 18.6. The fraction of sp³-hybridized carbons (Fsp3) is 0.250. The molecule has 0 spiro atoms. The van der Waals surface area contributed by atoms with Gasteiger partial charge in [-0.05, 0) is 48.6 Å². The molecule has 0 saturated carbocycles. The van der Waals surface area contributed by atoms with Gasteiger partial charge in [-0.25, -0.2) is 0 Å². The maximum absolute atomic E-state index is 13.4. The van der Waals surface area contributed by atoms with Crippen LogP contribution in [0.15, 0.2) is 70.5 Å². The third kappa shape index (κ3) is 4.58. The molecule has 6 rings (SSSR count). The number of carbonyl (C=O) groups is 3. The molecule has 10 heteroatoms. The largest absolute Gasteiger partial charge is 0.419 e. The lowest BCUT2D eigenvalue weighted by molar-refractivity contribution is -0.125. The molecule has 2 aromatic heterocycles. The fourth-order valence-electron chi connectivity index (χ4n) is 5.02. The van der Waals surface area contributed by atoms with Crippen LogP contribution in [0, 0.1) is 5.92 Å². The molecule has 3 amide bonds. The van der Waals surface area contributed by atoms with Crippen LogP contribution in [0.2, 0.25) is 0 Å². The second kappa shape index (κ2) is 10.2. The number of nitrogens with one attached hydrogen (secondary N) is 1. The van der Waals surface area contributed by atoms with E-state index in [2.05, 4.69) is 15.5 Å². The molecule has 2 aliphatic rings. The van der Waals surface area contributed by atoms with Crippen molar-refractivity contribution in [2.75, 3.05) is 18.0 Å². The number of fused-ring (bicyclic) bond motifs is 1. The highest BCUT2D eigenvalue weighted by molar-refractivity contribution is 7.09. The topological polar surface area (TPSA) is 109 Å². The van der Waals surface area contributed by atoms with Crippen molar-refractivity contribution in [3.05, 3.63) is 87.9 Å². The summed E-state index contributed by atoms with van der Waals surface area (Å²) in [5, 5.41) is 13.0. The Morgan fingerprint density at radius 2 is 1.89 bits per heavy atom. The third-order valence-electron chi connectivity index (χ3n) is 6.91. The van der Waals surface area contributed by atoms with Crippen molar-refractivity contribution in [2.24, 2.45) is 5.92 Å². The Labute approximate surface area is 223 Å². The number of benzene rings is 2. The van der Waals surface area contributed by atoms with E-state index in [0.29, 0.717) is 41.7 Å². The SMILES string of the molecule is O=C(NCc1nnc(-c2ccccc2)o1)C1CCCN(c2cccc3c2C(=O)N(Cc2cccs2)C3=O)C1. The average molecular weight is 528 g/mol. The molecule has 4 aromatic rings. The average Bonchev–Trinajstić information content (AvgIpc) is 3.71. The molecule has 1 unspecified atom stereocenters. The van der Waals surface area contributed by atoms with E-state index in [1.54, 1.807) is 12.1 Å². The van der Waals surface area contributed by atoms with Crippen molar-refractivity contribution >= 4 is 34.7 Å². The molecule has 0 bridgehead atoms. The van der Waals surface area contributed by atoms with Crippen LogP contribution < -0.4 is 10.2 Å². The first-order valence-electron chi connectivity index (χ1n) is 12.5. The van der Waals surface area contributed by atoms with E-state index in [9.17, 15) is 14.4 Å². The van der Waals surface area contributed by atoms with Crippen LogP contribution >= 0.6 is 11.3 Å². The van der Waals surface area contributed by atoms with Crippen molar-refractivity contribution in [1.82, 2.24) is 20.4 Å². The summed E-state index contributed by atoms with van der Waals surface area (Å²) in [5.74, 6) is -0.203. The van der Waals surface area contributed by atoms with Gasteiger partial charge in [0, 0.05) is 23.5 Å². The minimum atomic E-state index is -0.286. The summed E-state index contributed by atoms with van der Waals surface area (Å²) >= 11 is 1.52. The molecule has 0 aliphatic carbocycles. The second-order valence-electron chi connectivity index (χ2n) is 9.35. The van der Waals surface area contributed by atoms with Crippen molar-refractivity contribution < 1.29 is 18.8 Å². The predicted octanol–water partition coefficient (Wildman–Crippen LogP) is 4.13. The van der Waals surface area contributed by atoms with Gasteiger partial charge in [-0.2, -0.15) is 0 Å². The number of amides is 3. The number of thiophene rings is 1. The number of piperidine rings is 1. The standard InChI is InChI=1S/C28H25N5O4S/c34-25(29-15-23-30-31-26(37-23)18-7-2-1-3-8-18)19-9-5-13-32(16-19)22-12-4-11-21-24(22)28(36)33(27(21)35)17-20-10-6-14-38-20/h1-4,6-8,10-12,14,19H,5,9,13,15-17H2,(H,29,34). The highest BCUT2D eigenvalue weighted by atomic mass is 32.1. The van der Waals surface area contributed by atoms with Crippen LogP contribution in [0.3, 0.4) is 0 Å². The zero-order valence-corrected chi connectivity index (χ0v) is 21.3. The molecular formula is C28H25N5O4S. The van der Waals surface area contributed by atoms with Crippen LogP contribution in [-0.4, -0.2) is 45.9 Å². The lowest BCUT2D eigenvalue weighted by Gasteiger charge is -2.34. The van der Waals surface area contributed by atoms with Crippen LogP contribution in [0.1, 0.15) is 44.3 Å². The first kappa shape index (κ1) is 24.1. The van der Waals surface area contributed by atoms with E-state index in [1.165, 1.54) is 16.2 Å².